The number of ether oxygens (including phenoxy) is 3. The fourth-order valence-electron chi connectivity index (χ4n) is 3.19. The molecule has 5 nitrogen and oxygen atoms in total. The predicted octanol–water partition coefficient (Wildman–Crippen LogP) is 5.50. The average Bonchev–Trinajstić information content (AvgIpc) is 3.08. The number of fused-ring (bicyclic) bond motifs is 1. The van der Waals surface area contributed by atoms with E-state index in [1.807, 2.05) is 61.5 Å². The van der Waals surface area contributed by atoms with Crippen LogP contribution >= 0.6 is 15.9 Å². The topological polar surface area (TPSA) is 61.8 Å². The van der Waals surface area contributed by atoms with Crippen LogP contribution in [0.5, 0.6) is 11.5 Å². The van der Waals surface area contributed by atoms with Gasteiger partial charge in [-0.25, -0.2) is 4.79 Å². The molecule has 4 rings (SSSR count). The lowest BCUT2D eigenvalue weighted by molar-refractivity contribution is -0.147. The van der Waals surface area contributed by atoms with Crippen molar-refractivity contribution in [3.63, 3.8) is 0 Å². The number of rotatable bonds is 6. The molecule has 0 saturated heterocycles. The van der Waals surface area contributed by atoms with Gasteiger partial charge in [-0.15, -0.1) is 0 Å². The molecular weight excluding hydrogens is 460 g/mol. The molecule has 3 aromatic rings. The monoisotopic (exact) mass is 478 g/mol. The minimum Gasteiger partial charge on any atom is -0.482 e. The molecule has 31 heavy (non-hydrogen) atoms. The summed E-state index contributed by atoms with van der Waals surface area (Å²) < 4.78 is 17.5. The van der Waals surface area contributed by atoms with Crippen molar-refractivity contribution in [2.24, 2.45) is 0 Å². The minimum atomic E-state index is -0.477. The van der Waals surface area contributed by atoms with E-state index in [0.29, 0.717) is 22.6 Å². The van der Waals surface area contributed by atoms with Gasteiger partial charge < -0.3 is 14.2 Å². The molecule has 0 N–H and O–H groups in total. The third-order valence-corrected chi connectivity index (χ3v) is 5.24. The molecule has 0 radical (unpaired) electrons. The molecule has 1 aliphatic rings. The van der Waals surface area contributed by atoms with Gasteiger partial charge in [0.1, 0.15) is 18.1 Å². The maximum atomic E-state index is 12.8. The minimum absolute atomic E-state index is 0.177. The van der Waals surface area contributed by atoms with Crippen LogP contribution in [0.4, 0.5) is 0 Å². The summed E-state index contributed by atoms with van der Waals surface area (Å²) in [6.07, 6.45) is 1.70. The molecule has 0 bridgehead atoms. The predicted molar refractivity (Wildman–Crippen MR) is 120 cm³/mol. The number of allylic oxidation sites excluding steroid dienone is 1. The Balaban J connectivity index is 1.41. The maximum Gasteiger partial charge on any atom is 0.344 e. The van der Waals surface area contributed by atoms with Crippen LogP contribution in [0.3, 0.4) is 0 Å². The van der Waals surface area contributed by atoms with Gasteiger partial charge in [-0.1, -0.05) is 58.4 Å². The number of Topliss-reactive ketones (excluding diaryl/α,β-unsaturated/α-hetero) is 1. The van der Waals surface area contributed by atoms with Crippen molar-refractivity contribution in [3.8, 4) is 11.5 Å². The van der Waals surface area contributed by atoms with Crippen molar-refractivity contribution < 1.29 is 23.8 Å². The summed E-state index contributed by atoms with van der Waals surface area (Å²) >= 11 is 3.39. The van der Waals surface area contributed by atoms with E-state index in [2.05, 4.69) is 15.9 Å². The summed E-state index contributed by atoms with van der Waals surface area (Å²) in [4.78, 5) is 24.8. The number of benzene rings is 3. The van der Waals surface area contributed by atoms with E-state index in [-0.39, 0.29) is 24.8 Å². The number of carbonyl (C=O) groups is 2. The first-order chi connectivity index (χ1) is 15.0. The van der Waals surface area contributed by atoms with Crippen LogP contribution in [0.25, 0.3) is 6.08 Å². The van der Waals surface area contributed by atoms with E-state index in [0.717, 1.165) is 15.6 Å². The van der Waals surface area contributed by atoms with Gasteiger partial charge in [0.05, 0.1) is 5.56 Å². The third kappa shape index (κ3) is 5.03. The van der Waals surface area contributed by atoms with E-state index < -0.39 is 5.97 Å². The fraction of sp³-hybridized carbons (Fsp3) is 0.120. The molecule has 0 aromatic heterocycles. The van der Waals surface area contributed by atoms with E-state index in [1.165, 1.54) is 0 Å². The highest BCUT2D eigenvalue weighted by molar-refractivity contribution is 9.10. The average molecular weight is 479 g/mol. The number of esters is 1. The molecule has 0 fully saturated rings. The first-order valence-electron chi connectivity index (χ1n) is 9.66. The van der Waals surface area contributed by atoms with Crippen LogP contribution < -0.4 is 9.47 Å². The Morgan fingerprint density at radius 1 is 1.06 bits per heavy atom. The lowest BCUT2D eigenvalue weighted by Crippen LogP contribution is -2.14. The van der Waals surface area contributed by atoms with Crippen molar-refractivity contribution in [2.75, 3.05) is 6.61 Å². The summed E-state index contributed by atoms with van der Waals surface area (Å²) in [5.74, 6) is 0.450. The molecule has 3 aromatic carbocycles. The molecule has 0 amide bonds. The van der Waals surface area contributed by atoms with Gasteiger partial charge in [0, 0.05) is 10.5 Å². The van der Waals surface area contributed by atoms with Crippen molar-refractivity contribution >= 4 is 33.8 Å². The van der Waals surface area contributed by atoms with Gasteiger partial charge in [0.25, 0.3) is 0 Å². The van der Waals surface area contributed by atoms with Gasteiger partial charge in [-0.05, 0) is 47.9 Å². The first kappa shape index (κ1) is 20.9. The zero-order valence-electron chi connectivity index (χ0n) is 16.8. The molecule has 1 aliphatic heterocycles. The van der Waals surface area contributed by atoms with E-state index >= 15 is 0 Å². The van der Waals surface area contributed by atoms with E-state index in [4.69, 9.17) is 14.2 Å². The van der Waals surface area contributed by atoms with Gasteiger partial charge >= 0.3 is 5.97 Å². The zero-order chi connectivity index (χ0) is 21.8. The van der Waals surface area contributed by atoms with Gasteiger partial charge in [-0.2, -0.15) is 0 Å². The van der Waals surface area contributed by atoms with Crippen molar-refractivity contribution in [1.29, 1.82) is 0 Å². The van der Waals surface area contributed by atoms with Crippen LogP contribution in [0.2, 0.25) is 0 Å². The summed E-state index contributed by atoms with van der Waals surface area (Å²) in [6, 6.07) is 20.3. The number of halogens is 1. The van der Waals surface area contributed by atoms with Crippen molar-refractivity contribution in [3.05, 3.63) is 99.2 Å². The van der Waals surface area contributed by atoms with Gasteiger partial charge in [0.2, 0.25) is 5.78 Å². The highest BCUT2D eigenvalue weighted by atomic mass is 79.9. The summed E-state index contributed by atoms with van der Waals surface area (Å²) in [5, 5.41) is 0. The van der Waals surface area contributed by atoms with Gasteiger partial charge in [-0.3, -0.25) is 4.79 Å². The highest BCUT2D eigenvalue weighted by Crippen LogP contribution is 2.37. The van der Waals surface area contributed by atoms with Crippen LogP contribution in [-0.4, -0.2) is 18.4 Å². The Hall–Kier alpha value is -3.38. The Labute approximate surface area is 188 Å². The fourth-order valence-corrected chi connectivity index (χ4v) is 3.46. The van der Waals surface area contributed by atoms with E-state index in [1.54, 1.807) is 18.2 Å². The third-order valence-electron chi connectivity index (χ3n) is 4.71. The summed E-state index contributed by atoms with van der Waals surface area (Å²) in [7, 11) is 0. The molecule has 0 atom stereocenters. The highest BCUT2D eigenvalue weighted by Gasteiger charge is 2.30. The number of hydrogen-bond donors (Lipinski definition) is 0. The smallest absolute Gasteiger partial charge is 0.344 e. The number of hydrogen-bond acceptors (Lipinski definition) is 5. The number of aryl methyl sites for hydroxylation is 1. The second-order valence-electron chi connectivity index (χ2n) is 7.04. The second-order valence-corrected chi connectivity index (χ2v) is 7.96. The largest absolute Gasteiger partial charge is 0.482 e. The lowest BCUT2D eigenvalue weighted by atomic mass is 10.0. The first-order valence-corrected chi connectivity index (χ1v) is 10.5. The molecule has 0 aliphatic carbocycles. The van der Waals surface area contributed by atoms with Crippen LogP contribution in [0.15, 0.2) is 77.0 Å². The Morgan fingerprint density at radius 2 is 1.81 bits per heavy atom. The quantitative estimate of drug-likeness (QED) is 0.346. The van der Waals surface area contributed by atoms with Gasteiger partial charge in [0.15, 0.2) is 12.4 Å². The normalized spacial score (nSPS) is 13.6. The summed E-state index contributed by atoms with van der Waals surface area (Å²) in [6.45, 7) is 1.76. The molecule has 156 valence electrons. The van der Waals surface area contributed by atoms with Crippen molar-refractivity contribution in [1.82, 2.24) is 0 Å². The summed E-state index contributed by atoms with van der Waals surface area (Å²) in [5.41, 5.74) is 2.98. The lowest BCUT2D eigenvalue weighted by Gasteiger charge is -2.09. The molecule has 0 saturated carbocycles. The van der Waals surface area contributed by atoms with Crippen LogP contribution in [-0.2, 0) is 16.1 Å². The number of ketones is 1. The maximum absolute atomic E-state index is 12.8. The van der Waals surface area contributed by atoms with Crippen molar-refractivity contribution in [2.45, 2.75) is 13.5 Å². The Bertz CT molecular complexity index is 1150. The Morgan fingerprint density at radius 3 is 2.55 bits per heavy atom. The van der Waals surface area contributed by atoms with Crippen LogP contribution in [0, 0.1) is 6.92 Å². The molecule has 0 unspecified atom stereocenters. The molecule has 0 spiro atoms. The SMILES string of the molecule is Cc1cc(OCC(=O)OCc2ccccc2)cc2c1C(=O)/C(=C/c1ccc(Br)cc1)O2. The molecule has 1 heterocycles. The number of carbonyl (C=O) groups excluding carboxylic acids is 2. The van der Waals surface area contributed by atoms with Crippen LogP contribution in [0.1, 0.15) is 27.0 Å². The second kappa shape index (κ2) is 9.18. The standard InChI is InChI=1S/C25H19BrO5/c1-16-11-20(29-15-23(27)30-14-18-5-3-2-4-6-18)13-21-24(16)25(28)22(31-21)12-17-7-9-19(26)10-8-17/h2-13H,14-15H2,1H3/b22-12-. The molecular formula is C25H19BrO5. The van der Waals surface area contributed by atoms with E-state index in [9.17, 15) is 9.59 Å². The Kier molecular flexibility index (Phi) is 6.18. The zero-order valence-corrected chi connectivity index (χ0v) is 18.3. The molecule has 6 heteroatoms.